The molecular formula is C16H20BrN3S. The second-order valence-electron chi connectivity index (χ2n) is 5.58. The molecule has 1 aliphatic rings. The molecule has 0 aromatic carbocycles. The predicted octanol–water partition coefficient (Wildman–Crippen LogP) is 3.88. The van der Waals surface area contributed by atoms with E-state index >= 15 is 0 Å². The van der Waals surface area contributed by atoms with Crippen molar-refractivity contribution < 1.29 is 0 Å². The molecule has 2 aromatic rings. The van der Waals surface area contributed by atoms with Crippen LogP contribution in [0.5, 0.6) is 0 Å². The van der Waals surface area contributed by atoms with Crippen LogP contribution in [0.1, 0.15) is 34.5 Å². The number of halogens is 1. The molecular weight excluding hydrogens is 346 g/mol. The predicted molar refractivity (Wildman–Crippen MR) is 92.9 cm³/mol. The van der Waals surface area contributed by atoms with Crippen LogP contribution in [0.4, 0.5) is 5.82 Å². The molecule has 1 aliphatic carbocycles. The lowest BCUT2D eigenvalue weighted by molar-refractivity contribution is 0.663. The van der Waals surface area contributed by atoms with Gasteiger partial charge in [-0.25, -0.2) is 4.98 Å². The van der Waals surface area contributed by atoms with E-state index in [-0.39, 0.29) is 0 Å². The summed E-state index contributed by atoms with van der Waals surface area (Å²) in [5, 5.41) is 2.12. The van der Waals surface area contributed by atoms with E-state index in [9.17, 15) is 0 Å². The van der Waals surface area contributed by atoms with Crippen LogP contribution in [0.3, 0.4) is 0 Å². The fraction of sp³-hybridized carbons (Fsp3) is 0.438. The summed E-state index contributed by atoms with van der Waals surface area (Å²) in [6, 6.07) is 4.44. The van der Waals surface area contributed by atoms with E-state index in [1.54, 1.807) is 11.3 Å². The number of thiophene rings is 1. The van der Waals surface area contributed by atoms with Gasteiger partial charge in [-0.05, 0) is 59.3 Å². The first-order chi connectivity index (χ1) is 10.2. The zero-order valence-electron chi connectivity index (χ0n) is 12.2. The van der Waals surface area contributed by atoms with Crippen LogP contribution in [0.25, 0.3) is 0 Å². The second kappa shape index (κ2) is 6.46. The number of fused-ring (bicyclic) bond motifs is 1. The number of aromatic nitrogens is 1. The lowest BCUT2D eigenvalue weighted by atomic mass is 9.94. The molecule has 3 nitrogen and oxygen atoms in total. The average molecular weight is 366 g/mol. The molecule has 0 bridgehead atoms. The third kappa shape index (κ3) is 3.30. The van der Waals surface area contributed by atoms with E-state index < -0.39 is 0 Å². The maximum absolute atomic E-state index is 5.95. The van der Waals surface area contributed by atoms with Crippen molar-refractivity contribution in [1.82, 2.24) is 4.98 Å². The van der Waals surface area contributed by atoms with Gasteiger partial charge in [0.05, 0.1) is 6.54 Å². The Labute approximate surface area is 138 Å². The van der Waals surface area contributed by atoms with Gasteiger partial charge in [-0.1, -0.05) is 0 Å². The smallest absolute Gasteiger partial charge is 0.133 e. The molecule has 0 saturated heterocycles. The number of rotatable bonds is 4. The van der Waals surface area contributed by atoms with Crippen LogP contribution in [-0.4, -0.2) is 12.0 Å². The van der Waals surface area contributed by atoms with Gasteiger partial charge < -0.3 is 10.6 Å². The highest BCUT2D eigenvalue weighted by Crippen LogP contribution is 2.28. The second-order valence-corrected chi connectivity index (χ2v) is 7.49. The standard InChI is InChI=1S/C16H20BrN3S/c1-20(9-14-7-13(17)10-21-14)16-12(8-18)6-11-4-2-3-5-15(11)19-16/h6-7,10H,2-5,8-9,18H2,1H3. The Morgan fingerprint density at radius 3 is 2.86 bits per heavy atom. The molecule has 3 rings (SSSR count). The summed E-state index contributed by atoms with van der Waals surface area (Å²) in [7, 11) is 2.10. The molecule has 2 aromatic heterocycles. The Morgan fingerprint density at radius 1 is 1.33 bits per heavy atom. The third-order valence-corrected chi connectivity index (χ3v) is 5.64. The summed E-state index contributed by atoms with van der Waals surface area (Å²) in [5.74, 6) is 1.04. The first kappa shape index (κ1) is 15.0. The Balaban J connectivity index is 1.89. The fourth-order valence-electron chi connectivity index (χ4n) is 2.90. The summed E-state index contributed by atoms with van der Waals surface area (Å²) in [5.41, 5.74) is 9.78. The highest BCUT2D eigenvalue weighted by molar-refractivity contribution is 9.10. The Bertz CT molecular complexity index is 638. The SMILES string of the molecule is CN(Cc1cc(Br)cs1)c1nc2c(cc1CN)CCCC2. The molecule has 2 N–H and O–H groups in total. The van der Waals surface area contributed by atoms with Gasteiger partial charge in [0.2, 0.25) is 0 Å². The largest absolute Gasteiger partial charge is 0.354 e. The van der Waals surface area contributed by atoms with Gasteiger partial charge >= 0.3 is 0 Å². The van der Waals surface area contributed by atoms with Crippen LogP contribution in [-0.2, 0) is 25.9 Å². The maximum atomic E-state index is 5.95. The van der Waals surface area contributed by atoms with Gasteiger partial charge in [0.1, 0.15) is 5.82 Å². The van der Waals surface area contributed by atoms with Crippen molar-refractivity contribution in [1.29, 1.82) is 0 Å². The molecule has 0 saturated carbocycles. The number of aryl methyl sites for hydroxylation is 2. The van der Waals surface area contributed by atoms with Crippen molar-refractivity contribution >= 4 is 33.1 Å². The molecule has 0 amide bonds. The lowest BCUT2D eigenvalue weighted by Gasteiger charge is -2.24. The fourth-order valence-corrected chi connectivity index (χ4v) is 4.40. The number of nitrogens with zero attached hydrogens (tertiary/aromatic N) is 2. The Kier molecular flexibility index (Phi) is 4.62. The zero-order chi connectivity index (χ0) is 14.8. The van der Waals surface area contributed by atoms with E-state index in [0.29, 0.717) is 6.54 Å². The van der Waals surface area contributed by atoms with Gasteiger partial charge in [0.15, 0.2) is 0 Å². The van der Waals surface area contributed by atoms with Crippen molar-refractivity contribution in [3.8, 4) is 0 Å². The molecule has 21 heavy (non-hydrogen) atoms. The number of hydrogen-bond donors (Lipinski definition) is 1. The quantitative estimate of drug-likeness (QED) is 0.893. The van der Waals surface area contributed by atoms with Crippen molar-refractivity contribution in [2.24, 2.45) is 5.73 Å². The Morgan fingerprint density at radius 2 is 2.14 bits per heavy atom. The molecule has 0 radical (unpaired) electrons. The summed E-state index contributed by atoms with van der Waals surface area (Å²) in [4.78, 5) is 8.47. The first-order valence-electron chi connectivity index (χ1n) is 7.33. The molecule has 0 fully saturated rings. The van der Waals surface area contributed by atoms with Crippen molar-refractivity contribution in [3.05, 3.63) is 43.7 Å². The average Bonchev–Trinajstić information content (AvgIpc) is 2.90. The molecule has 0 aliphatic heterocycles. The minimum absolute atomic E-state index is 0.550. The zero-order valence-corrected chi connectivity index (χ0v) is 14.6. The summed E-state index contributed by atoms with van der Waals surface area (Å²) in [6.45, 7) is 1.42. The van der Waals surface area contributed by atoms with E-state index in [1.807, 2.05) is 0 Å². The number of pyridine rings is 1. The van der Waals surface area contributed by atoms with E-state index in [2.05, 4.69) is 45.4 Å². The summed E-state index contributed by atoms with van der Waals surface area (Å²) < 4.78 is 1.15. The molecule has 2 heterocycles. The molecule has 112 valence electrons. The number of anilines is 1. The third-order valence-electron chi connectivity index (χ3n) is 3.95. The molecule has 5 heteroatoms. The summed E-state index contributed by atoms with van der Waals surface area (Å²) >= 11 is 5.28. The molecule has 0 unspecified atom stereocenters. The van der Waals surface area contributed by atoms with E-state index in [1.165, 1.54) is 29.0 Å². The van der Waals surface area contributed by atoms with Crippen LogP contribution in [0, 0.1) is 0 Å². The highest BCUT2D eigenvalue weighted by Gasteiger charge is 2.17. The monoisotopic (exact) mass is 365 g/mol. The van der Waals surface area contributed by atoms with Gasteiger partial charge in [-0.3, -0.25) is 0 Å². The van der Waals surface area contributed by atoms with Crippen LogP contribution >= 0.6 is 27.3 Å². The van der Waals surface area contributed by atoms with Crippen molar-refractivity contribution in [2.45, 2.75) is 38.8 Å². The van der Waals surface area contributed by atoms with Gasteiger partial charge in [-0.2, -0.15) is 0 Å². The van der Waals surface area contributed by atoms with E-state index in [4.69, 9.17) is 10.7 Å². The minimum atomic E-state index is 0.550. The van der Waals surface area contributed by atoms with Gasteiger partial charge in [-0.15, -0.1) is 11.3 Å². The summed E-state index contributed by atoms with van der Waals surface area (Å²) in [6.07, 6.45) is 4.78. The van der Waals surface area contributed by atoms with Crippen molar-refractivity contribution in [2.75, 3.05) is 11.9 Å². The maximum Gasteiger partial charge on any atom is 0.133 e. The van der Waals surface area contributed by atoms with E-state index in [0.717, 1.165) is 35.2 Å². The lowest BCUT2D eigenvalue weighted by Crippen LogP contribution is -2.22. The van der Waals surface area contributed by atoms with Crippen LogP contribution in [0.15, 0.2) is 22.0 Å². The highest BCUT2D eigenvalue weighted by atomic mass is 79.9. The first-order valence-corrected chi connectivity index (χ1v) is 9.00. The topological polar surface area (TPSA) is 42.2 Å². The normalized spacial score (nSPS) is 14.0. The minimum Gasteiger partial charge on any atom is -0.354 e. The van der Waals surface area contributed by atoms with Crippen LogP contribution in [0.2, 0.25) is 0 Å². The van der Waals surface area contributed by atoms with Crippen LogP contribution < -0.4 is 10.6 Å². The Hall–Kier alpha value is -0.910. The molecule has 0 spiro atoms. The van der Waals surface area contributed by atoms with Crippen molar-refractivity contribution in [3.63, 3.8) is 0 Å². The van der Waals surface area contributed by atoms with Gasteiger partial charge in [0.25, 0.3) is 0 Å². The number of hydrogen-bond acceptors (Lipinski definition) is 4. The number of nitrogens with two attached hydrogens (primary N) is 1. The van der Waals surface area contributed by atoms with Gasteiger partial charge in [0, 0.05) is 39.6 Å². The molecule has 0 atom stereocenters.